The average molecular weight is 489 g/mol. The van der Waals surface area contributed by atoms with Crippen molar-refractivity contribution in [3.63, 3.8) is 0 Å². The van der Waals surface area contributed by atoms with E-state index in [4.69, 9.17) is 14.2 Å². The van der Waals surface area contributed by atoms with Gasteiger partial charge in [0.1, 0.15) is 5.75 Å². The summed E-state index contributed by atoms with van der Waals surface area (Å²) in [6.07, 6.45) is 6.91. The number of ether oxygens (including phenoxy) is 3. The summed E-state index contributed by atoms with van der Waals surface area (Å²) in [6.45, 7) is 4.28. The van der Waals surface area contributed by atoms with Crippen molar-refractivity contribution in [3.05, 3.63) is 78.5 Å². The van der Waals surface area contributed by atoms with E-state index in [1.54, 1.807) is 54.5 Å². The van der Waals surface area contributed by atoms with Crippen LogP contribution in [-0.2, 0) is 6.54 Å². The minimum Gasteiger partial charge on any atom is -0.493 e. The van der Waals surface area contributed by atoms with Crippen molar-refractivity contribution in [1.82, 2.24) is 14.8 Å². The van der Waals surface area contributed by atoms with Crippen LogP contribution in [0.1, 0.15) is 34.8 Å². The van der Waals surface area contributed by atoms with Gasteiger partial charge >= 0.3 is 0 Å². The van der Waals surface area contributed by atoms with Crippen molar-refractivity contribution in [1.29, 1.82) is 0 Å². The van der Waals surface area contributed by atoms with Gasteiger partial charge in [-0.05, 0) is 37.1 Å². The lowest BCUT2D eigenvalue weighted by atomic mass is 10.1. The van der Waals surface area contributed by atoms with Crippen molar-refractivity contribution in [2.75, 3.05) is 19.5 Å². The number of nitrogens with zero attached hydrogens (tertiary/aromatic N) is 3. The number of benzene rings is 2. The summed E-state index contributed by atoms with van der Waals surface area (Å²) < 4.78 is 33.4. The van der Waals surface area contributed by atoms with Crippen LogP contribution in [-0.4, -0.2) is 34.9 Å². The number of pyridine rings is 1. The number of methoxy groups -OCH3 is 2. The van der Waals surface area contributed by atoms with E-state index >= 15 is 4.39 Å². The third kappa shape index (κ3) is 4.47. The highest BCUT2D eigenvalue weighted by Gasteiger charge is 2.32. The van der Waals surface area contributed by atoms with Crippen molar-refractivity contribution in [2.45, 2.75) is 25.3 Å². The maximum Gasteiger partial charge on any atom is 0.259 e. The number of hydrogen-bond donors (Lipinski definition) is 1. The van der Waals surface area contributed by atoms with Crippen LogP contribution in [0, 0.1) is 5.82 Å². The molecule has 0 radical (unpaired) electrons. The molecule has 1 fully saturated rings. The van der Waals surface area contributed by atoms with Gasteiger partial charge in [0.25, 0.3) is 5.91 Å². The lowest BCUT2D eigenvalue weighted by Crippen LogP contribution is -2.14. The Labute approximate surface area is 207 Å². The van der Waals surface area contributed by atoms with Crippen molar-refractivity contribution >= 4 is 22.5 Å². The molecule has 0 spiro atoms. The Hall–Kier alpha value is -4.40. The molecule has 5 rings (SSSR count). The van der Waals surface area contributed by atoms with Crippen LogP contribution in [0.15, 0.2) is 61.4 Å². The Bertz CT molecular complexity index is 1460. The van der Waals surface area contributed by atoms with Gasteiger partial charge in [-0.25, -0.2) is 4.39 Å². The summed E-state index contributed by atoms with van der Waals surface area (Å²) in [5, 5.41) is 7.73. The van der Waals surface area contributed by atoms with Gasteiger partial charge < -0.3 is 19.5 Å². The first kappa shape index (κ1) is 23.3. The highest BCUT2D eigenvalue weighted by molar-refractivity contribution is 6.05. The maximum absolute atomic E-state index is 15.0. The Morgan fingerprint density at radius 1 is 1.14 bits per heavy atom. The molecule has 1 amide bonds. The van der Waals surface area contributed by atoms with Gasteiger partial charge in [0.05, 0.1) is 43.7 Å². The molecule has 2 aromatic heterocycles. The normalized spacial score (nSPS) is 12.9. The van der Waals surface area contributed by atoms with Crippen LogP contribution < -0.4 is 19.5 Å². The van der Waals surface area contributed by atoms with Gasteiger partial charge in [0.15, 0.2) is 23.1 Å². The topological polar surface area (TPSA) is 87.5 Å². The fourth-order valence-electron chi connectivity index (χ4n) is 4.14. The molecule has 0 bridgehead atoms. The second-order valence-corrected chi connectivity index (χ2v) is 8.42. The maximum atomic E-state index is 15.0. The predicted molar refractivity (Wildman–Crippen MR) is 134 cm³/mol. The smallest absolute Gasteiger partial charge is 0.259 e. The van der Waals surface area contributed by atoms with Crippen LogP contribution in [0.4, 0.5) is 10.1 Å². The van der Waals surface area contributed by atoms with Gasteiger partial charge in [-0.3, -0.25) is 14.5 Å². The zero-order valence-corrected chi connectivity index (χ0v) is 20.0. The quantitative estimate of drug-likeness (QED) is 0.304. The van der Waals surface area contributed by atoms with Gasteiger partial charge in [-0.15, -0.1) is 6.58 Å². The Morgan fingerprint density at radius 3 is 2.61 bits per heavy atom. The number of carbonyl (C=O) groups is 1. The number of fused-ring (bicyclic) bond motifs is 1. The molecule has 0 saturated heterocycles. The SMILES string of the molecule is C=CCn1ncc(C(=O)Nc2ccc(Oc3ccnc4cc(OC)c(OC)cc34)c(F)c2)c1C1CC1. The largest absolute Gasteiger partial charge is 0.493 e. The third-order valence-corrected chi connectivity index (χ3v) is 6.01. The van der Waals surface area contributed by atoms with Gasteiger partial charge in [0, 0.05) is 35.3 Å². The monoisotopic (exact) mass is 488 g/mol. The molecule has 1 aliphatic carbocycles. The average Bonchev–Trinajstić information content (AvgIpc) is 3.64. The molecular weight excluding hydrogens is 463 g/mol. The number of carbonyl (C=O) groups excluding carboxylic acids is 1. The molecular formula is C27H25FN4O4. The molecule has 2 heterocycles. The highest BCUT2D eigenvalue weighted by atomic mass is 19.1. The molecule has 4 aromatic rings. The Kier molecular flexibility index (Phi) is 6.28. The molecule has 1 N–H and O–H groups in total. The fraction of sp³-hybridized carbons (Fsp3) is 0.222. The summed E-state index contributed by atoms with van der Waals surface area (Å²) in [7, 11) is 3.07. The molecule has 0 atom stereocenters. The Balaban J connectivity index is 1.38. The van der Waals surface area contributed by atoms with Gasteiger partial charge in [-0.1, -0.05) is 6.08 Å². The van der Waals surface area contributed by atoms with Crippen LogP contribution in [0.3, 0.4) is 0 Å². The number of nitrogens with one attached hydrogen (secondary N) is 1. The molecule has 0 unspecified atom stereocenters. The summed E-state index contributed by atoms with van der Waals surface area (Å²) in [6, 6.07) is 9.39. The minimum atomic E-state index is -0.622. The van der Waals surface area contributed by atoms with Crippen LogP contribution >= 0.6 is 0 Å². The highest BCUT2D eigenvalue weighted by Crippen LogP contribution is 2.42. The predicted octanol–water partition coefficient (Wildman–Crippen LogP) is 5.70. The first-order chi connectivity index (χ1) is 17.5. The van der Waals surface area contributed by atoms with E-state index < -0.39 is 5.82 Å². The number of halogens is 1. The third-order valence-electron chi connectivity index (χ3n) is 6.01. The number of allylic oxidation sites excluding steroid dienone is 1. The van der Waals surface area contributed by atoms with Crippen molar-refractivity contribution in [2.24, 2.45) is 0 Å². The molecule has 2 aromatic carbocycles. The van der Waals surface area contributed by atoms with E-state index in [1.807, 2.05) is 0 Å². The first-order valence-electron chi connectivity index (χ1n) is 11.5. The summed E-state index contributed by atoms with van der Waals surface area (Å²) >= 11 is 0. The molecule has 36 heavy (non-hydrogen) atoms. The van der Waals surface area contributed by atoms with Gasteiger partial charge in [0.2, 0.25) is 0 Å². The summed E-state index contributed by atoms with van der Waals surface area (Å²) in [5.41, 5.74) is 2.31. The number of rotatable bonds is 9. The lowest BCUT2D eigenvalue weighted by molar-refractivity contribution is 0.102. The zero-order chi connectivity index (χ0) is 25.2. The molecule has 0 aliphatic heterocycles. The van der Waals surface area contributed by atoms with Gasteiger partial charge in [-0.2, -0.15) is 5.10 Å². The fourth-order valence-corrected chi connectivity index (χ4v) is 4.14. The first-order valence-corrected chi connectivity index (χ1v) is 11.5. The second-order valence-electron chi connectivity index (χ2n) is 8.42. The van der Waals surface area contributed by atoms with E-state index in [9.17, 15) is 4.79 Å². The lowest BCUT2D eigenvalue weighted by Gasteiger charge is -2.13. The van der Waals surface area contributed by atoms with Crippen molar-refractivity contribution < 1.29 is 23.4 Å². The standard InChI is InChI=1S/C27H25FN4O4/c1-4-11-32-26(16-5-6-16)19(15-30-32)27(33)31-17-7-8-23(20(28)12-17)36-22-9-10-29-21-14-25(35-3)24(34-2)13-18(21)22/h4,7-10,12-16H,1,5-6,11H2,2-3H3,(H,31,33). The zero-order valence-electron chi connectivity index (χ0n) is 20.0. The molecule has 8 nitrogen and oxygen atoms in total. The minimum absolute atomic E-state index is 0.00718. The van der Waals surface area contributed by atoms with E-state index in [0.717, 1.165) is 18.5 Å². The number of amides is 1. The molecule has 1 aliphatic rings. The van der Waals surface area contributed by atoms with Crippen LogP contribution in [0.5, 0.6) is 23.0 Å². The van der Waals surface area contributed by atoms with Crippen LogP contribution in [0.25, 0.3) is 10.9 Å². The molecule has 184 valence electrons. The Morgan fingerprint density at radius 2 is 1.92 bits per heavy atom. The number of aromatic nitrogens is 3. The number of hydrogen-bond acceptors (Lipinski definition) is 6. The number of anilines is 1. The van der Waals surface area contributed by atoms with E-state index in [2.05, 4.69) is 22.0 Å². The van der Waals surface area contributed by atoms with Crippen LogP contribution in [0.2, 0.25) is 0 Å². The summed E-state index contributed by atoms with van der Waals surface area (Å²) in [4.78, 5) is 17.3. The van der Waals surface area contributed by atoms with E-state index in [0.29, 0.717) is 51.9 Å². The van der Waals surface area contributed by atoms with Crippen molar-refractivity contribution in [3.8, 4) is 23.0 Å². The summed E-state index contributed by atoms with van der Waals surface area (Å²) in [5.74, 6) is 0.802. The molecule has 1 saturated carbocycles. The second kappa shape index (κ2) is 9.69. The van der Waals surface area contributed by atoms with E-state index in [-0.39, 0.29) is 11.7 Å². The molecule has 9 heteroatoms. The van der Waals surface area contributed by atoms with E-state index in [1.165, 1.54) is 19.2 Å².